The summed E-state index contributed by atoms with van der Waals surface area (Å²) in [6.07, 6.45) is 0. The van der Waals surface area contributed by atoms with Crippen LogP contribution < -0.4 is 20.5 Å². The van der Waals surface area contributed by atoms with Gasteiger partial charge in [-0.2, -0.15) is 0 Å². The summed E-state index contributed by atoms with van der Waals surface area (Å²) in [7, 11) is 0. The van der Waals surface area contributed by atoms with Crippen LogP contribution in [-0.2, 0) is 0 Å². The molecule has 0 atom stereocenters. The number of nitrogen functional groups attached to an aromatic ring is 1. The van der Waals surface area contributed by atoms with Gasteiger partial charge in [0.05, 0.1) is 11.4 Å². The van der Waals surface area contributed by atoms with Crippen LogP contribution in [0.5, 0.6) is 11.5 Å². The van der Waals surface area contributed by atoms with Gasteiger partial charge in [0.25, 0.3) is 5.91 Å². The van der Waals surface area contributed by atoms with Crippen molar-refractivity contribution in [3.05, 3.63) is 47.3 Å². The zero-order valence-electron chi connectivity index (χ0n) is 11.3. The van der Waals surface area contributed by atoms with Gasteiger partial charge in [-0.15, -0.1) is 0 Å². The second-order valence-electron chi connectivity index (χ2n) is 4.71. The van der Waals surface area contributed by atoms with E-state index >= 15 is 0 Å². The molecule has 5 nitrogen and oxygen atoms in total. The van der Waals surface area contributed by atoms with Gasteiger partial charge >= 0.3 is 0 Å². The smallest absolute Gasteiger partial charge is 0.255 e. The van der Waals surface area contributed by atoms with Crippen molar-refractivity contribution in [2.24, 2.45) is 0 Å². The van der Waals surface area contributed by atoms with Crippen LogP contribution in [0.3, 0.4) is 0 Å². The highest BCUT2D eigenvalue weighted by molar-refractivity contribution is 6.06. The highest BCUT2D eigenvalue weighted by Crippen LogP contribution is 2.38. The molecule has 1 amide bonds. The van der Waals surface area contributed by atoms with E-state index < -0.39 is 0 Å². The number of rotatable bonds is 2. The lowest BCUT2D eigenvalue weighted by Gasteiger charge is -2.10. The number of ether oxygens (including phenoxy) is 2. The molecule has 0 aliphatic carbocycles. The standard InChI is InChI=1S/C15H13FN2O3/c1-8-4-9(2-3-10(8)16)15(19)18-12-6-14-13(5-11(12)17)20-7-21-14/h2-6H,7,17H2,1H3,(H,18,19). The number of carbonyl (C=O) groups excluding carboxylic acids is 1. The minimum Gasteiger partial charge on any atom is -0.454 e. The van der Waals surface area contributed by atoms with Crippen LogP contribution in [0.1, 0.15) is 15.9 Å². The Morgan fingerprint density at radius 2 is 1.95 bits per heavy atom. The average molecular weight is 288 g/mol. The summed E-state index contributed by atoms with van der Waals surface area (Å²) in [6, 6.07) is 7.35. The number of nitrogens with two attached hydrogens (primary N) is 1. The number of aryl methyl sites for hydroxylation is 1. The van der Waals surface area contributed by atoms with Crippen LogP contribution in [0.25, 0.3) is 0 Å². The number of amides is 1. The molecule has 1 aliphatic heterocycles. The third-order valence-electron chi connectivity index (χ3n) is 3.21. The largest absolute Gasteiger partial charge is 0.454 e. The van der Waals surface area contributed by atoms with Gasteiger partial charge in [0.1, 0.15) is 5.82 Å². The fourth-order valence-electron chi connectivity index (χ4n) is 2.05. The van der Waals surface area contributed by atoms with Crippen molar-refractivity contribution >= 4 is 17.3 Å². The molecule has 0 spiro atoms. The Hall–Kier alpha value is -2.76. The maximum absolute atomic E-state index is 13.2. The van der Waals surface area contributed by atoms with E-state index in [0.29, 0.717) is 34.0 Å². The first-order valence-electron chi connectivity index (χ1n) is 6.31. The molecule has 21 heavy (non-hydrogen) atoms. The number of benzene rings is 2. The summed E-state index contributed by atoms with van der Waals surface area (Å²) in [5.74, 6) is 0.343. The first kappa shape index (κ1) is 13.2. The Kier molecular flexibility index (Phi) is 3.13. The van der Waals surface area contributed by atoms with Gasteiger partial charge < -0.3 is 20.5 Å². The Bertz CT molecular complexity index is 731. The zero-order valence-corrected chi connectivity index (χ0v) is 11.3. The van der Waals surface area contributed by atoms with Crippen molar-refractivity contribution in [1.82, 2.24) is 0 Å². The molecule has 0 unspecified atom stereocenters. The molecule has 1 aliphatic rings. The predicted octanol–water partition coefficient (Wildman–Crippen LogP) is 2.70. The van der Waals surface area contributed by atoms with Crippen LogP contribution in [0.4, 0.5) is 15.8 Å². The number of hydrogen-bond acceptors (Lipinski definition) is 4. The number of nitrogens with one attached hydrogen (secondary N) is 1. The van der Waals surface area contributed by atoms with E-state index in [1.165, 1.54) is 18.2 Å². The fraction of sp³-hybridized carbons (Fsp3) is 0.133. The predicted molar refractivity (Wildman–Crippen MR) is 76.1 cm³/mol. The zero-order chi connectivity index (χ0) is 15.0. The van der Waals surface area contributed by atoms with Gasteiger partial charge in [0.15, 0.2) is 11.5 Å². The summed E-state index contributed by atoms with van der Waals surface area (Å²) in [5.41, 5.74) is 7.41. The van der Waals surface area contributed by atoms with Gasteiger partial charge in [0.2, 0.25) is 6.79 Å². The topological polar surface area (TPSA) is 73.6 Å². The van der Waals surface area contributed by atoms with Crippen molar-refractivity contribution in [3.63, 3.8) is 0 Å². The van der Waals surface area contributed by atoms with Crippen LogP contribution in [-0.4, -0.2) is 12.7 Å². The van der Waals surface area contributed by atoms with Crippen molar-refractivity contribution in [1.29, 1.82) is 0 Å². The summed E-state index contributed by atoms with van der Waals surface area (Å²) in [5, 5.41) is 2.68. The van der Waals surface area contributed by atoms with E-state index in [4.69, 9.17) is 15.2 Å². The van der Waals surface area contributed by atoms with E-state index in [9.17, 15) is 9.18 Å². The lowest BCUT2D eigenvalue weighted by Crippen LogP contribution is -2.13. The highest BCUT2D eigenvalue weighted by Gasteiger charge is 2.17. The second kappa shape index (κ2) is 4.97. The molecule has 2 aromatic carbocycles. The number of anilines is 2. The molecule has 0 fully saturated rings. The maximum atomic E-state index is 13.2. The number of halogens is 1. The minimum absolute atomic E-state index is 0.128. The fourth-order valence-corrected chi connectivity index (χ4v) is 2.05. The van der Waals surface area contributed by atoms with Gasteiger partial charge in [-0.3, -0.25) is 4.79 Å². The van der Waals surface area contributed by atoms with Crippen LogP contribution in [0.15, 0.2) is 30.3 Å². The summed E-state index contributed by atoms with van der Waals surface area (Å²) in [4.78, 5) is 12.2. The lowest BCUT2D eigenvalue weighted by atomic mass is 10.1. The SMILES string of the molecule is Cc1cc(C(=O)Nc2cc3c(cc2N)OCO3)ccc1F. The monoisotopic (exact) mass is 288 g/mol. The summed E-state index contributed by atoms with van der Waals surface area (Å²) < 4.78 is 23.7. The van der Waals surface area contributed by atoms with Crippen LogP contribution in [0, 0.1) is 12.7 Å². The van der Waals surface area contributed by atoms with E-state index in [1.54, 1.807) is 19.1 Å². The Balaban J connectivity index is 1.86. The highest BCUT2D eigenvalue weighted by atomic mass is 19.1. The quantitative estimate of drug-likeness (QED) is 0.833. The molecule has 108 valence electrons. The van der Waals surface area contributed by atoms with Gasteiger partial charge in [-0.05, 0) is 30.7 Å². The molecule has 1 heterocycles. The van der Waals surface area contributed by atoms with Crippen LogP contribution >= 0.6 is 0 Å². The molecule has 0 saturated heterocycles. The molecular weight excluding hydrogens is 275 g/mol. The Morgan fingerprint density at radius 1 is 1.24 bits per heavy atom. The number of carbonyl (C=O) groups is 1. The Labute approximate surface area is 120 Å². The molecular formula is C15H13FN2O3. The first-order valence-corrected chi connectivity index (χ1v) is 6.31. The normalized spacial score (nSPS) is 12.3. The summed E-state index contributed by atoms with van der Waals surface area (Å²) >= 11 is 0. The van der Waals surface area contributed by atoms with Crippen molar-refractivity contribution in [2.45, 2.75) is 6.92 Å². The molecule has 0 bridgehead atoms. The van der Waals surface area contributed by atoms with Gasteiger partial charge in [-0.1, -0.05) is 0 Å². The van der Waals surface area contributed by atoms with Crippen molar-refractivity contribution in [3.8, 4) is 11.5 Å². The molecule has 3 N–H and O–H groups in total. The van der Waals surface area contributed by atoms with Gasteiger partial charge in [-0.25, -0.2) is 4.39 Å². The molecule has 0 radical (unpaired) electrons. The van der Waals surface area contributed by atoms with Gasteiger partial charge in [0, 0.05) is 17.7 Å². The van der Waals surface area contributed by atoms with E-state index in [0.717, 1.165) is 0 Å². The number of hydrogen-bond donors (Lipinski definition) is 2. The summed E-state index contributed by atoms with van der Waals surface area (Å²) in [6.45, 7) is 1.73. The molecule has 0 saturated carbocycles. The van der Waals surface area contributed by atoms with Crippen LogP contribution in [0.2, 0.25) is 0 Å². The third-order valence-corrected chi connectivity index (χ3v) is 3.21. The van der Waals surface area contributed by atoms with E-state index in [-0.39, 0.29) is 18.5 Å². The van der Waals surface area contributed by atoms with E-state index in [1.807, 2.05) is 0 Å². The lowest BCUT2D eigenvalue weighted by molar-refractivity contribution is 0.102. The average Bonchev–Trinajstić information content (AvgIpc) is 2.89. The third kappa shape index (κ3) is 2.47. The Morgan fingerprint density at radius 3 is 2.67 bits per heavy atom. The van der Waals surface area contributed by atoms with E-state index in [2.05, 4.69) is 5.32 Å². The molecule has 0 aromatic heterocycles. The van der Waals surface area contributed by atoms with Crippen molar-refractivity contribution < 1.29 is 18.7 Å². The van der Waals surface area contributed by atoms with Crippen molar-refractivity contribution in [2.75, 3.05) is 17.8 Å². The first-order chi connectivity index (χ1) is 10.0. The second-order valence-corrected chi connectivity index (χ2v) is 4.71. The number of fused-ring (bicyclic) bond motifs is 1. The minimum atomic E-state index is -0.372. The molecule has 2 aromatic rings. The molecule has 6 heteroatoms. The molecule has 3 rings (SSSR count). The maximum Gasteiger partial charge on any atom is 0.255 e.